The Balaban J connectivity index is 1.38. The highest BCUT2D eigenvalue weighted by atomic mass is 16.5. The number of ether oxygens (including phenoxy) is 3. The Morgan fingerprint density at radius 3 is 1.94 bits per heavy atom. The number of nitrogens with two attached hydrogens (primary N) is 2. The van der Waals surface area contributed by atoms with Crippen molar-refractivity contribution in [1.29, 1.82) is 0 Å². The molecule has 0 aliphatic heterocycles. The Labute approximate surface area is 198 Å². The first-order valence-electron chi connectivity index (χ1n) is 11.2. The van der Waals surface area contributed by atoms with Crippen molar-refractivity contribution in [1.82, 2.24) is 30.6 Å². The van der Waals surface area contributed by atoms with Gasteiger partial charge in [-0.1, -0.05) is 0 Å². The van der Waals surface area contributed by atoms with Crippen LogP contribution in [0.1, 0.15) is 18.3 Å². The van der Waals surface area contributed by atoms with E-state index in [-0.39, 0.29) is 17.9 Å². The van der Waals surface area contributed by atoms with Gasteiger partial charge in [0.2, 0.25) is 11.8 Å². The maximum absolute atomic E-state index is 12.0. The fraction of sp³-hybridized carbons (Fsp3) is 0.619. The molecular formula is C21H36N8O5. The first kappa shape index (κ1) is 27.4. The van der Waals surface area contributed by atoms with E-state index >= 15 is 0 Å². The molecule has 34 heavy (non-hydrogen) atoms. The number of nitrogens with one attached hydrogen (secondary N) is 4. The van der Waals surface area contributed by atoms with Gasteiger partial charge in [-0.05, 0) is 6.92 Å². The second-order valence-electron chi connectivity index (χ2n) is 7.73. The number of nitrogens with zero attached hydrogens (tertiary/aromatic N) is 2. The topological polar surface area (TPSA) is 195 Å². The Morgan fingerprint density at radius 2 is 1.41 bits per heavy atom. The van der Waals surface area contributed by atoms with Crippen molar-refractivity contribution >= 4 is 11.8 Å². The number of aromatic nitrogens is 4. The summed E-state index contributed by atoms with van der Waals surface area (Å²) in [6.07, 6.45) is 7.03. The van der Waals surface area contributed by atoms with E-state index in [1.54, 1.807) is 25.0 Å². The SMILES string of the molecule is CC(COCCOCCNC(=O)C(N)Cc1cnc[nH]1)OCCNC(=O)C(N)Cc1cnc[nH]1. The van der Waals surface area contributed by atoms with Gasteiger partial charge in [0, 0.05) is 49.7 Å². The number of aromatic amines is 2. The summed E-state index contributed by atoms with van der Waals surface area (Å²) in [5.74, 6) is -0.480. The zero-order chi connectivity index (χ0) is 24.6. The quantitative estimate of drug-likeness (QED) is 0.134. The van der Waals surface area contributed by atoms with Crippen molar-refractivity contribution in [3.8, 4) is 0 Å². The van der Waals surface area contributed by atoms with Gasteiger partial charge in [0.05, 0.1) is 63.9 Å². The van der Waals surface area contributed by atoms with Crippen molar-refractivity contribution in [2.24, 2.45) is 11.5 Å². The second kappa shape index (κ2) is 15.9. The Morgan fingerprint density at radius 1 is 0.882 bits per heavy atom. The molecular weight excluding hydrogens is 444 g/mol. The van der Waals surface area contributed by atoms with E-state index < -0.39 is 12.1 Å². The normalized spacial score (nSPS) is 13.9. The predicted octanol–water partition coefficient (Wildman–Crippen LogP) is -1.76. The molecule has 190 valence electrons. The first-order valence-corrected chi connectivity index (χ1v) is 11.2. The van der Waals surface area contributed by atoms with Gasteiger partial charge >= 0.3 is 0 Å². The molecule has 8 N–H and O–H groups in total. The van der Waals surface area contributed by atoms with Gasteiger partial charge in [0.1, 0.15) is 0 Å². The highest BCUT2D eigenvalue weighted by Gasteiger charge is 2.15. The summed E-state index contributed by atoms with van der Waals surface area (Å²) in [7, 11) is 0. The number of carbonyl (C=O) groups is 2. The molecule has 2 aromatic heterocycles. The van der Waals surface area contributed by atoms with Crippen LogP contribution in [0.15, 0.2) is 25.0 Å². The minimum atomic E-state index is -0.645. The smallest absolute Gasteiger partial charge is 0.237 e. The number of carbonyl (C=O) groups excluding carboxylic acids is 2. The minimum absolute atomic E-state index is 0.133. The Bertz CT molecular complexity index is 802. The third-order valence-electron chi connectivity index (χ3n) is 4.74. The molecule has 0 saturated carbocycles. The number of H-pyrrole nitrogens is 2. The minimum Gasteiger partial charge on any atom is -0.377 e. The average Bonchev–Trinajstić information content (AvgIpc) is 3.52. The molecule has 0 spiro atoms. The predicted molar refractivity (Wildman–Crippen MR) is 124 cm³/mol. The van der Waals surface area contributed by atoms with Gasteiger partial charge in [-0.15, -0.1) is 0 Å². The van der Waals surface area contributed by atoms with Crippen LogP contribution >= 0.6 is 0 Å². The molecule has 13 nitrogen and oxygen atoms in total. The monoisotopic (exact) mass is 480 g/mol. The Hall–Kier alpha value is -2.84. The van der Waals surface area contributed by atoms with Crippen LogP contribution in [0.5, 0.6) is 0 Å². The van der Waals surface area contributed by atoms with Gasteiger partial charge in [0.25, 0.3) is 0 Å². The average molecular weight is 481 g/mol. The van der Waals surface area contributed by atoms with E-state index in [1.165, 1.54) is 0 Å². The number of rotatable bonds is 18. The van der Waals surface area contributed by atoms with Crippen LogP contribution in [0.3, 0.4) is 0 Å². The van der Waals surface area contributed by atoms with Crippen LogP contribution in [0, 0.1) is 0 Å². The van der Waals surface area contributed by atoms with E-state index in [9.17, 15) is 9.59 Å². The van der Waals surface area contributed by atoms with Crippen LogP contribution in [-0.2, 0) is 36.6 Å². The molecule has 3 atom stereocenters. The maximum Gasteiger partial charge on any atom is 0.237 e. The molecule has 3 unspecified atom stereocenters. The van der Waals surface area contributed by atoms with Crippen LogP contribution in [0.25, 0.3) is 0 Å². The Kier molecular flexibility index (Phi) is 12.8. The van der Waals surface area contributed by atoms with E-state index in [1.807, 2.05) is 6.92 Å². The largest absolute Gasteiger partial charge is 0.377 e. The molecule has 2 aromatic rings. The second-order valence-corrected chi connectivity index (χ2v) is 7.73. The van der Waals surface area contributed by atoms with Gasteiger partial charge < -0.3 is 46.3 Å². The van der Waals surface area contributed by atoms with Crippen LogP contribution < -0.4 is 22.1 Å². The van der Waals surface area contributed by atoms with Gasteiger partial charge in [0.15, 0.2) is 0 Å². The molecule has 0 aliphatic carbocycles. The van der Waals surface area contributed by atoms with Crippen molar-refractivity contribution < 1.29 is 23.8 Å². The highest BCUT2D eigenvalue weighted by molar-refractivity contribution is 5.82. The molecule has 0 bridgehead atoms. The third kappa shape index (κ3) is 11.3. The summed E-state index contributed by atoms with van der Waals surface area (Å²) in [4.78, 5) is 37.5. The lowest BCUT2D eigenvalue weighted by Crippen LogP contribution is -2.43. The van der Waals surface area contributed by atoms with E-state index in [0.717, 1.165) is 11.4 Å². The summed E-state index contributed by atoms with van der Waals surface area (Å²) >= 11 is 0. The summed E-state index contributed by atoms with van der Waals surface area (Å²) in [5, 5.41) is 5.48. The summed E-state index contributed by atoms with van der Waals surface area (Å²) in [6, 6.07) is -1.29. The van der Waals surface area contributed by atoms with Crippen LogP contribution in [-0.4, -0.2) is 96.1 Å². The van der Waals surface area contributed by atoms with Crippen molar-refractivity contribution in [2.45, 2.75) is 38.0 Å². The van der Waals surface area contributed by atoms with Crippen LogP contribution in [0.4, 0.5) is 0 Å². The fourth-order valence-electron chi connectivity index (χ4n) is 2.91. The lowest BCUT2D eigenvalue weighted by molar-refractivity contribution is -0.123. The zero-order valence-corrected chi connectivity index (χ0v) is 19.5. The molecule has 0 saturated heterocycles. The number of amides is 2. The first-order chi connectivity index (χ1) is 16.5. The zero-order valence-electron chi connectivity index (χ0n) is 19.5. The number of hydrogen-bond donors (Lipinski definition) is 6. The van der Waals surface area contributed by atoms with Crippen molar-refractivity contribution in [3.63, 3.8) is 0 Å². The third-order valence-corrected chi connectivity index (χ3v) is 4.74. The molecule has 2 amide bonds. The summed E-state index contributed by atoms with van der Waals surface area (Å²) in [6.45, 7) is 4.52. The van der Waals surface area contributed by atoms with Crippen molar-refractivity contribution in [3.05, 3.63) is 36.4 Å². The molecule has 2 heterocycles. The molecule has 0 aliphatic rings. The molecule has 2 rings (SSSR count). The van der Waals surface area contributed by atoms with Gasteiger partial charge in [-0.3, -0.25) is 9.59 Å². The van der Waals surface area contributed by atoms with E-state index in [0.29, 0.717) is 59.0 Å². The highest BCUT2D eigenvalue weighted by Crippen LogP contribution is 1.97. The van der Waals surface area contributed by atoms with E-state index in [4.69, 9.17) is 25.7 Å². The van der Waals surface area contributed by atoms with Gasteiger partial charge in [-0.25, -0.2) is 9.97 Å². The summed E-state index contributed by atoms with van der Waals surface area (Å²) < 4.78 is 16.6. The molecule has 0 fully saturated rings. The summed E-state index contributed by atoms with van der Waals surface area (Å²) in [5.41, 5.74) is 13.3. The standard InChI is InChI=1S/C21H36N8O5/c1-15(34-5-3-27-21(31)19(23)9-17-11-25-14-29-17)12-33-7-6-32-4-2-26-20(30)18(22)8-16-10-24-13-28-16/h10-11,13-15,18-19H,2-9,12,22-23H2,1H3,(H,24,28)(H,25,29)(H,26,30)(H,27,31). The number of hydrogen-bond acceptors (Lipinski definition) is 9. The fourth-order valence-corrected chi connectivity index (χ4v) is 2.91. The molecule has 0 aromatic carbocycles. The molecule has 0 radical (unpaired) electrons. The lowest BCUT2D eigenvalue weighted by Gasteiger charge is -2.15. The van der Waals surface area contributed by atoms with Gasteiger partial charge in [-0.2, -0.15) is 0 Å². The number of imidazole rings is 2. The lowest BCUT2D eigenvalue weighted by atomic mass is 10.1. The van der Waals surface area contributed by atoms with E-state index in [2.05, 4.69) is 30.6 Å². The molecule has 13 heteroatoms. The van der Waals surface area contributed by atoms with Crippen molar-refractivity contribution in [2.75, 3.05) is 46.1 Å². The maximum atomic E-state index is 12.0. The van der Waals surface area contributed by atoms with Crippen LogP contribution in [0.2, 0.25) is 0 Å².